The molecule has 0 spiro atoms. The molecule has 0 aliphatic heterocycles. The first-order chi connectivity index (χ1) is 9.29. The number of hydrogen-bond donors (Lipinski definition) is 1. The van der Waals surface area contributed by atoms with Gasteiger partial charge in [0.05, 0.1) is 6.54 Å². The molecule has 0 aromatic carbocycles. The van der Waals surface area contributed by atoms with Crippen molar-refractivity contribution in [1.82, 2.24) is 9.97 Å². The number of aliphatic hydroxyl groups is 1. The first kappa shape index (κ1) is 15.0. The Hall–Kier alpha value is -1.37. The highest BCUT2D eigenvalue weighted by Crippen LogP contribution is 2.28. The van der Waals surface area contributed by atoms with Crippen LogP contribution in [-0.2, 0) is 12.8 Å². The van der Waals surface area contributed by atoms with Crippen molar-refractivity contribution in [1.29, 1.82) is 0 Å². The number of halogens is 3. The van der Waals surface area contributed by atoms with Crippen LogP contribution in [0, 0.1) is 6.92 Å². The molecule has 1 aromatic heterocycles. The van der Waals surface area contributed by atoms with Crippen molar-refractivity contribution in [2.24, 2.45) is 0 Å². The minimum Gasteiger partial charge on any atom is -0.382 e. The van der Waals surface area contributed by atoms with E-state index in [4.69, 9.17) is 0 Å². The Morgan fingerprint density at radius 1 is 1.25 bits per heavy atom. The van der Waals surface area contributed by atoms with E-state index in [2.05, 4.69) is 9.97 Å². The van der Waals surface area contributed by atoms with Crippen molar-refractivity contribution >= 4 is 5.82 Å². The van der Waals surface area contributed by atoms with Crippen LogP contribution >= 0.6 is 0 Å². The predicted molar refractivity (Wildman–Crippen MR) is 68.7 cm³/mol. The summed E-state index contributed by atoms with van der Waals surface area (Å²) in [7, 11) is 1.52. The zero-order valence-electron chi connectivity index (χ0n) is 11.5. The molecule has 112 valence electrons. The van der Waals surface area contributed by atoms with Crippen molar-refractivity contribution in [2.45, 2.75) is 44.9 Å². The molecular formula is C13H18F3N3O. The normalized spacial score (nSPS) is 16.7. The van der Waals surface area contributed by atoms with E-state index in [0.29, 0.717) is 11.6 Å². The van der Waals surface area contributed by atoms with E-state index in [1.54, 1.807) is 6.92 Å². The molecule has 0 saturated heterocycles. The molecule has 1 atom stereocenters. The zero-order valence-corrected chi connectivity index (χ0v) is 11.5. The standard InChI is InChI=1S/C13H18F3N3O/c1-8-17-10-6-4-3-5-9(10)12(18-8)19(2)7-11(20)13(14,15)16/h11,20H,3-7H2,1-2H3. The monoisotopic (exact) mass is 289 g/mol. The zero-order chi connectivity index (χ0) is 14.9. The number of nitrogens with zero attached hydrogens (tertiary/aromatic N) is 3. The summed E-state index contributed by atoms with van der Waals surface area (Å²) in [5.74, 6) is 1.06. The first-order valence-electron chi connectivity index (χ1n) is 6.61. The van der Waals surface area contributed by atoms with Crippen LogP contribution in [-0.4, -0.2) is 40.9 Å². The van der Waals surface area contributed by atoms with Gasteiger partial charge in [-0.05, 0) is 32.6 Å². The number of fused-ring (bicyclic) bond motifs is 1. The number of anilines is 1. The maximum Gasteiger partial charge on any atom is 0.416 e. The quantitative estimate of drug-likeness (QED) is 0.925. The number of aromatic nitrogens is 2. The van der Waals surface area contributed by atoms with E-state index in [1.807, 2.05) is 0 Å². The minimum atomic E-state index is -4.61. The van der Waals surface area contributed by atoms with Gasteiger partial charge < -0.3 is 10.0 Å². The van der Waals surface area contributed by atoms with E-state index in [0.717, 1.165) is 36.9 Å². The second kappa shape index (κ2) is 5.55. The summed E-state index contributed by atoms with van der Waals surface area (Å²) in [5.41, 5.74) is 1.84. The maximum atomic E-state index is 12.4. The van der Waals surface area contributed by atoms with Crippen molar-refractivity contribution in [3.05, 3.63) is 17.1 Å². The van der Waals surface area contributed by atoms with Crippen LogP contribution in [0.15, 0.2) is 0 Å². The van der Waals surface area contributed by atoms with Gasteiger partial charge in [0, 0.05) is 18.3 Å². The first-order valence-corrected chi connectivity index (χ1v) is 6.61. The fourth-order valence-electron chi connectivity index (χ4n) is 2.46. The molecule has 1 aromatic rings. The van der Waals surface area contributed by atoms with Crippen LogP contribution in [0.3, 0.4) is 0 Å². The van der Waals surface area contributed by atoms with Gasteiger partial charge in [-0.25, -0.2) is 9.97 Å². The Kier molecular flexibility index (Phi) is 4.17. The molecule has 2 rings (SSSR count). The summed E-state index contributed by atoms with van der Waals surface area (Å²) in [4.78, 5) is 9.99. The van der Waals surface area contributed by atoms with E-state index < -0.39 is 18.8 Å². The fraction of sp³-hybridized carbons (Fsp3) is 0.692. The van der Waals surface area contributed by atoms with Crippen LogP contribution in [0.2, 0.25) is 0 Å². The van der Waals surface area contributed by atoms with E-state index in [1.165, 1.54) is 11.9 Å². The largest absolute Gasteiger partial charge is 0.416 e. The van der Waals surface area contributed by atoms with Crippen molar-refractivity contribution in [3.63, 3.8) is 0 Å². The number of aryl methyl sites for hydroxylation is 2. The minimum absolute atomic E-state index is 0.510. The Balaban J connectivity index is 2.25. The smallest absolute Gasteiger partial charge is 0.382 e. The lowest BCUT2D eigenvalue weighted by atomic mass is 9.96. The molecule has 4 nitrogen and oxygen atoms in total. The Morgan fingerprint density at radius 2 is 1.90 bits per heavy atom. The summed E-state index contributed by atoms with van der Waals surface area (Å²) in [6, 6.07) is 0. The Labute approximate surface area is 115 Å². The molecule has 20 heavy (non-hydrogen) atoms. The third-order valence-corrected chi connectivity index (χ3v) is 3.46. The molecule has 1 aliphatic carbocycles. The van der Waals surface area contributed by atoms with Crippen molar-refractivity contribution in [3.8, 4) is 0 Å². The molecule has 0 amide bonds. The van der Waals surface area contributed by atoms with Gasteiger partial charge in [0.25, 0.3) is 0 Å². The van der Waals surface area contributed by atoms with Gasteiger partial charge in [-0.3, -0.25) is 0 Å². The molecular weight excluding hydrogens is 271 g/mol. The molecule has 0 bridgehead atoms. The number of likely N-dealkylation sites (N-methyl/N-ethyl adjacent to an activating group) is 1. The molecule has 0 saturated carbocycles. The fourth-order valence-corrected chi connectivity index (χ4v) is 2.46. The second-order valence-corrected chi connectivity index (χ2v) is 5.16. The second-order valence-electron chi connectivity index (χ2n) is 5.16. The van der Waals surface area contributed by atoms with Crippen molar-refractivity contribution in [2.75, 3.05) is 18.5 Å². The summed E-state index contributed by atoms with van der Waals surface area (Å²) in [5, 5.41) is 9.18. The summed E-state index contributed by atoms with van der Waals surface area (Å²) < 4.78 is 37.3. The molecule has 1 heterocycles. The third kappa shape index (κ3) is 3.20. The average Bonchev–Trinajstić information content (AvgIpc) is 2.36. The van der Waals surface area contributed by atoms with E-state index >= 15 is 0 Å². The SMILES string of the molecule is Cc1nc2c(c(N(C)CC(O)C(F)(F)F)n1)CCCC2. The molecule has 1 unspecified atom stereocenters. The van der Waals surface area contributed by atoms with Crippen LogP contribution in [0.4, 0.5) is 19.0 Å². The Morgan fingerprint density at radius 3 is 2.55 bits per heavy atom. The van der Waals surface area contributed by atoms with Crippen LogP contribution in [0.5, 0.6) is 0 Å². The highest BCUT2D eigenvalue weighted by atomic mass is 19.4. The maximum absolute atomic E-state index is 12.4. The third-order valence-electron chi connectivity index (χ3n) is 3.46. The molecule has 1 N–H and O–H groups in total. The van der Waals surface area contributed by atoms with Gasteiger partial charge in [-0.2, -0.15) is 13.2 Å². The number of aliphatic hydroxyl groups excluding tert-OH is 1. The predicted octanol–water partition coefficient (Wildman–Crippen LogP) is 2.02. The summed E-state index contributed by atoms with van der Waals surface area (Å²) in [6.45, 7) is 1.21. The Bertz CT molecular complexity index is 490. The lowest BCUT2D eigenvalue weighted by Gasteiger charge is -2.27. The molecule has 0 radical (unpaired) electrons. The van der Waals surface area contributed by atoms with E-state index in [-0.39, 0.29) is 0 Å². The van der Waals surface area contributed by atoms with Crippen molar-refractivity contribution < 1.29 is 18.3 Å². The van der Waals surface area contributed by atoms with Gasteiger partial charge in [-0.15, -0.1) is 0 Å². The van der Waals surface area contributed by atoms with Crippen LogP contribution < -0.4 is 4.90 Å². The van der Waals surface area contributed by atoms with Gasteiger partial charge in [0.1, 0.15) is 11.6 Å². The lowest BCUT2D eigenvalue weighted by molar-refractivity contribution is -0.200. The summed E-state index contributed by atoms with van der Waals surface area (Å²) in [6.07, 6.45) is -3.35. The summed E-state index contributed by atoms with van der Waals surface area (Å²) >= 11 is 0. The van der Waals surface area contributed by atoms with Gasteiger partial charge in [0.2, 0.25) is 0 Å². The van der Waals surface area contributed by atoms with Gasteiger partial charge >= 0.3 is 6.18 Å². The topological polar surface area (TPSA) is 49.2 Å². The number of rotatable bonds is 3. The highest BCUT2D eigenvalue weighted by molar-refractivity contribution is 5.49. The van der Waals surface area contributed by atoms with Crippen LogP contribution in [0.1, 0.15) is 29.9 Å². The molecule has 1 aliphatic rings. The number of alkyl halides is 3. The van der Waals surface area contributed by atoms with Gasteiger partial charge in [-0.1, -0.05) is 0 Å². The molecule has 0 fully saturated rings. The number of hydrogen-bond acceptors (Lipinski definition) is 4. The average molecular weight is 289 g/mol. The highest BCUT2D eigenvalue weighted by Gasteiger charge is 2.39. The van der Waals surface area contributed by atoms with Gasteiger partial charge in [0.15, 0.2) is 6.10 Å². The van der Waals surface area contributed by atoms with Crippen LogP contribution in [0.25, 0.3) is 0 Å². The molecule has 7 heteroatoms. The lowest BCUT2D eigenvalue weighted by Crippen LogP contribution is -2.40. The van der Waals surface area contributed by atoms with E-state index in [9.17, 15) is 18.3 Å².